The first-order valence-electron chi connectivity index (χ1n) is 6.93. The smallest absolute Gasteiger partial charge is 0.272 e. The third kappa shape index (κ3) is 3.01. The minimum absolute atomic E-state index is 0.0773. The van der Waals surface area contributed by atoms with Crippen molar-refractivity contribution >= 4 is 34.6 Å². The van der Waals surface area contributed by atoms with Gasteiger partial charge in [0.2, 0.25) is 0 Å². The van der Waals surface area contributed by atoms with Gasteiger partial charge in [0, 0.05) is 18.7 Å². The number of nitrogens with zero attached hydrogens (tertiary/aromatic N) is 1. The van der Waals surface area contributed by atoms with E-state index in [1.165, 1.54) is 37.8 Å². The summed E-state index contributed by atoms with van der Waals surface area (Å²) in [4.78, 5) is 10.3. The second kappa shape index (κ2) is 5.41. The molecule has 108 valence electrons. The van der Waals surface area contributed by atoms with Crippen molar-refractivity contribution in [1.29, 1.82) is 0 Å². The third-order valence-corrected chi connectivity index (χ3v) is 4.80. The number of hydrogen-bond donors (Lipinski definition) is 1. The van der Waals surface area contributed by atoms with Crippen LogP contribution in [0.2, 0.25) is 10.0 Å². The number of benzene rings is 1. The maximum Gasteiger partial charge on any atom is 0.272 e. The molecule has 0 atom stereocenters. The van der Waals surface area contributed by atoms with Crippen molar-refractivity contribution in [3.8, 4) is 0 Å². The molecule has 1 N–H and O–H groups in total. The summed E-state index contributed by atoms with van der Waals surface area (Å²) in [7, 11) is 0. The lowest BCUT2D eigenvalue weighted by Crippen LogP contribution is -2.18. The Balaban J connectivity index is 1.71. The molecule has 20 heavy (non-hydrogen) atoms. The highest BCUT2D eigenvalue weighted by Gasteiger charge is 2.41. The zero-order chi connectivity index (χ0) is 14.3. The second-order valence-electron chi connectivity index (χ2n) is 5.76. The molecule has 2 aliphatic rings. The Kier molecular flexibility index (Phi) is 3.78. The lowest BCUT2D eigenvalue weighted by Gasteiger charge is -2.18. The van der Waals surface area contributed by atoms with E-state index in [-0.39, 0.29) is 5.69 Å². The van der Waals surface area contributed by atoms with Crippen molar-refractivity contribution in [1.82, 2.24) is 0 Å². The van der Waals surface area contributed by atoms with Gasteiger partial charge < -0.3 is 5.32 Å². The van der Waals surface area contributed by atoms with Crippen LogP contribution in [0.15, 0.2) is 12.1 Å². The van der Waals surface area contributed by atoms with E-state index in [1.54, 1.807) is 0 Å². The van der Waals surface area contributed by atoms with Crippen LogP contribution in [0.25, 0.3) is 0 Å². The largest absolute Gasteiger partial charge is 0.382 e. The fourth-order valence-corrected chi connectivity index (χ4v) is 3.43. The van der Waals surface area contributed by atoms with Crippen molar-refractivity contribution in [2.24, 2.45) is 17.8 Å². The maximum absolute atomic E-state index is 10.7. The molecule has 1 aromatic carbocycles. The second-order valence-corrected chi connectivity index (χ2v) is 6.58. The van der Waals surface area contributed by atoms with Crippen LogP contribution in [0, 0.1) is 27.9 Å². The fourth-order valence-electron chi connectivity index (χ4n) is 2.82. The van der Waals surface area contributed by atoms with E-state index in [0.717, 1.165) is 18.4 Å². The first-order valence-corrected chi connectivity index (χ1v) is 7.69. The molecule has 0 saturated heterocycles. The Labute approximate surface area is 127 Å². The summed E-state index contributed by atoms with van der Waals surface area (Å²) in [6.07, 6.45) is 5.30. The third-order valence-electron chi connectivity index (χ3n) is 4.21. The Morgan fingerprint density at radius 3 is 2.10 bits per heavy atom. The van der Waals surface area contributed by atoms with Gasteiger partial charge in [0.15, 0.2) is 0 Å². The number of nitro benzene ring substituents is 1. The predicted octanol–water partition coefficient (Wildman–Crippen LogP) is 4.75. The van der Waals surface area contributed by atoms with E-state index in [9.17, 15) is 10.1 Å². The molecule has 3 rings (SSSR count). The molecule has 0 heterocycles. The minimum Gasteiger partial charge on any atom is -0.382 e. The Morgan fingerprint density at radius 1 is 1.20 bits per heavy atom. The average molecular weight is 315 g/mol. The Hall–Kier alpha value is -1.00. The topological polar surface area (TPSA) is 55.2 Å². The Morgan fingerprint density at radius 2 is 1.70 bits per heavy atom. The molecule has 0 bridgehead atoms. The molecule has 0 radical (unpaired) electrons. The lowest BCUT2D eigenvalue weighted by molar-refractivity contribution is -0.384. The van der Waals surface area contributed by atoms with Gasteiger partial charge >= 0.3 is 0 Å². The average Bonchev–Trinajstić information content (AvgIpc) is 3.26. The number of non-ortho nitro benzene ring substituents is 1. The molecular weight excluding hydrogens is 299 g/mol. The summed E-state index contributed by atoms with van der Waals surface area (Å²) in [5, 5.41) is 14.7. The standard InChI is InChI=1S/C14H16Cl2N2O2/c15-12-5-10(18(19)20)6-13(16)14(12)17-7-11(8-1-2-8)9-3-4-9/h5-6,8-9,11,17H,1-4,7H2. The molecule has 0 spiro atoms. The van der Waals surface area contributed by atoms with Crippen molar-refractivity contribution in [2.75, 3.05) is 11.9 Å². The van der Waals surface area contributed by atoms with Crippen LogP contribution >= 0.6 is 23.2 Å². The van der Waals surface area contributed by atoms with Crippen LogP contribution in [0.4, 0.5) is 11.4 Å². The monoisotopic (exact) mass is 314 g/mol. The molecule has 0 aromatic heterocycles. The van der Waals surface area contributed by atoms with Gasteiger partial charge in [-0.2, -0.15) is 0 Å². The van der Waals surface area contributed by atoms with Crippen molar-refractivity contribution < 1.29 is 4.92 Å². The van der Waals surface area contributed by atoms with Crippen molar-refractivity contribution in [3.63, 3.8) is 0 Å². The number of nitro groups is 1. The van der Waals surface area contributed by atoms with Crippen molar-refractivity contribution in [3.05, 3.63) is 32.3 Å². The van der Waals surface area contributed by atoms with Gasteiger partial charge in [-0.15, -0.1) is 0 Å². The summed E-state index contributed by atoms with van der Waals surface area (Å²) in [5.41, 5.74) is 0.539. The van der Waals surface area contributed by atoms with Gasteiger partial charge in [0.25, 0.3) is 5.69 Å². The molecule has 2 aliphatic carbocycles. The lowest BCUT2D eigenvalue weighted by atomic mass is 9.98. The summed E-state index contributed by atoms with van der Waals surface area (Å²) in [6, 6.07) is 2.69. The molecule has 0 unspecified atom stereocenters. The van der Waals surface area contributed by atoms with Gasteiger partial charge in [-0.05, 0) is 43.4 Å². The molecule has 0 amide bonds. The zero-order valence-electron chi connectivity index (χ0n) is 10.9. The summed E-state index contributed by atoms with van der Waals surface area (Å²) < 4.78 is 0. The normalized spacial score (nSPS) is 18.4. The van der Waals surface area contributed by atoms with Crippen LogP contribution < -0.4 is 5.32 Å². The molecule has 1 aromatic rings. The first kappa shape index (κ1) is 14.0. The van der Waals surface area contributed by atoms with Gasteiger partial charge in [-0.25, -0.2) is 0 Å². The molecule has 2 saturated carbocycles. The first-order chi connectivity index (χ1) is 9.56. The number of nitrogens with one attached hydrogen (secondary N) is 1. The van der Waals surface area contributed by atoms with Gasteiger partial charge in [0.05, 0.1) is 20.7 Å². The molecule has 6 heteroatoms. The van der Waals surface area contributed by atoms with Crippen LogP contribution in [0.5, 0.6) is 0 Å². The summed E-state index contributed by atoms with van der Waals surface area (Å²) in [6.45, 7) is 0.854. The molecule has 2 fully saturated rings. The SMILES string of the molecule is O=[N+]([O-])c1cc(Cl)c(NCC(C2CC2)C2CC2)c(Cl)c1. The highest BCUT2D eigenvalue weighted by atomic mass is 35.5. The predicted molar refractivity (Wildman–Crippen MR) is 80.5 cm³/mol. The van der Waals surface area contributed by atoms with E-state index < -0.39 is 4.92 Å². The highest BCUT2D eigenvalue weighted by Crippen LogP contribution is 2.49. The molecular formula is C14H16Cl2N2O2. The number of halogens is 2. The van der Waals surface area contributed by atoms with Crippen LogP contribution in [0.3, 0.4) is 0 Å². The zero-order valence-corrected chi connectivity index (χ0v) is 12.5. The number of anilines is 1. The van der Waals surface area contributed by atoms with E-state index >= 15 is 0 Å². The number of rotatable bonds is 6. The Bertz CT molecular complexity index is 507. The van der Waals surface area contributed by atoms with E-state index in [0.29, 0.717) is 21.7 Å². The van der Waals surface area contributed by atoms with Crippen LogP contribution in [0.1, 0.15) is 25.7 Å². The quantitative estimate of drug-likeness (QED) is 0.609. The maximum atomic E-state index is 10.7. The summed E-state index contributed by atoms with van der Waals surface area (Å²) in [5.74, 6) is 2.37. The number of hydrogen-bond acceptors (Lipinski definition) is 3. The minimum atomic E-state index is -0.487. The van der Waals surface area contributed by atoms with Crippen LogP contribution in [-0.2, 0) is 0 Å². The van der Waals surface area contributed by atoms with Crippen LogP contribution in [-0.4, -0.2) is 11.5 Å². The molecule has 4 nitrogen and oxygen atoms in total. The van der Waals surface area contributed by atoms with Crippen molar-refractivity contribution in [2.45, 2.75) is 25.7 Å². The van der Waals surface area contributed by atoms with Gasteiger partial charge in [-0.1, -0.05) is 23.2 Å². The van der Waals surface area contributed by atoms with Gasteiger partial charge in [-0.3, -0.25) is 10.1 Å². The van der Waals surface area contributed by atoms with Gasteiger partial charge in [0.1, 0.15) is 0 Å². The molecule has 0 aliphatic heterocycles. The van der Waals surface area contributed by atoms with E-state index in [4.69, 9.17) is 23.2 Å². The highest BCUT2D eigenvalue weighted by molar-refractivity contribution is 6.39. The van der Waals surface area contributed by atoms with E-state index in [2.05, 4.69) is 5.32 Å². The summed E-state index contributed by atoms with van der Waals surface area (Å²) >= 11 is 12.2. The fraction of sp³-hybridized carbons (Fsp3) is 0.571. The van der Waals surface area contributed by atoms with E-state index in [1.807, 2.05) is 0 Å².